The SMILES string of the molecule is CCc1ccc(CN)cc1S(=O)(=O)NN1CCN(C)CC1. The molecule has 0 saturated carbocycles. The first-order chi connectivity index (χ1) is 9.96. The highest BCUT2D eigenvalue weighted by molar-refractivity contribution is 7.89. The number of nitrogens with two attached hydrogens (primary N) is 1. The lowest BCUT2D eigenvalue weighted by Crippen LogP contribution is -2.52. The van der Waals surface area contributed by atoms with Crippen LogP contribution in [0.25, 0.3) is 0 Å². The fraction of sp³-hybridized carbons (Fsp3) is 0.571. The summed E-state index contributed by atoms with van der Waals surface area (Å²) in [7, 11) is -1.52. The predicted octanol–water partition coefficient (Wildman–Crippen LogP) is 0.148. The van der Waals surface area contributed by atoms with E-state index in [0.29, 0.717) is 31.0 Å². The molecule has 0 aliphatic carbocycles. The van der Waals surface area contributed by atoms with Crippen molar-refractivity contribution in [1.29, 1.82) is 0 Å². The first-order valence-electron chi connectivity index (χ1n) is 7.24. The van der Waals surface area contributed by atoms with Crippen LogP contribution in [0.15, 0.2) is 23.1 Å². The van der Waals surface area contributed by atoms with Gasteiger partial charge in [0.25, 0.3) is 10.0 Å². The largest absolute Gasteiger partial charge is 0.326 e. The lowest BCUT2D eigenvalue weighted by Gasteiger charge is -2.32. The van der Waals surface area contributed by atoms with Gasteiger partial charge in [-0.3, -0.25) is 0 Å². The molecule has 2 rings (SSSR count). The maximum Gasteiger partial charge on any atom is 0.253 e. The number of nitrogens with zero attached hydrogens (tertiary/aromatic N) is 2. The summed E-state index contributed by atoms with van der Waals surface area (Å²) in [6.45, 7) is 5.37. The Kier molecular flexibility index (Phi) is 5.34. The second kappa shape index (κ2) is 6.85. The van der Waals surface area contributed by atoms with Crippen molar-refractivity contribution in [2.75, 3.05) is 33.2 Å². The van der Waals surface area contributed by atoms with E-state index < -0.39 is 10.0 Å². The first-order valence-corrected chi connectivity index (χ1v) is 8.72. The minimum Gasteiger partial charge on any atom is -0.326 e. The lowest BCUT2D eigenvalue weighted by atomic mass is 10.1. The van der Waals surface area contributed by atoms with Crippen LogP contribution in [0.2, 0.25) is 0 Å². The Labute approximate surface area is 126 Å². The standard InChI is InChI=1S/C14H24N4O2S/c1-3-13-5-4-12(11-15)10-14(13)21(19,20)16-18-8-6-17(2)7-9-18/h4-5,10,16H,3,6-9,11,15H2,1-2H3. The third-order valence-electron chi connectivity index (χ3n) is 3.79. The van der Waals surface area contributed by atoms with Crippen LogP contribution in [0.3, 0.4) is 0 Å². The Morgan fingerprint density at radius 2 is 1.90 bits per heavy atom. The van der Waals surface area contributed by atoms with E-state index in [4.69, 9.17) is 5.73 Å². The molecule has 1 aliphatic rings. The number of hydrogen-bond donors (Lipinski definition) is 2. The number of benzene rings is 1. The number of sulfonamides is 1. The van der Waals surface area contributed by atoms with Gasteiger partial charge in [-0.2, -0.15) is 0 Å². The highest BCUT2D eigenvalue weighted by Crippen LogP contribution is 2.19. The minimum absolute atomic E-state index is 0.334. The van der Waals surface area contributed by atoms with Crippen molar-refractivity contribution in [3.05, 3.63) is 29.3 Å². The van der Waals surface area contributed by atoms with Gasteiger partial charge in [-0.1, -0.05) is 19.1 Å². The zero-order valence-corrected chi connectivity index (χ0v) is 13.5. The van der Waals surface area contributed by atoms with Crippen LogP contribution >= 0.6 is 0 Å². The van der Waals surface area contributed by atoms with Crippen LogP contribution in [0.1, 0.15) is 18.1 Å². The van der Waals surface area contributed by atoms with Crippen molar-refractivity contribution in [1.82, 2.24) is 14.7 Å². The van der Waals surface area contributed by atoms with Crippen LogP contribution in [-0.2, 0) is 23.0 Å². The number of hydrogen-bond acceptors (Lipinski definition) is 5. The van der Waals surface area contributed by atoms with Gasteiger partial charge in [0.2, 0.25) is 0 Å². The van der Waals surface area contributed by atoms with Crippen LogP contribution < -0.4 is 10.6 Å². The molecule has 0 aromatic heterocycles. The molecule has 0 radical (unpaired) electrons. The molecule has 1 aromatic carbocycles. The lowest BCUT2D eigenvalue weighted by molar-refractivity contribution is 0.135. The van der Waals surface area contributed by atoms with Gasteiger partial charge in [0, 0.05) is 32.7 Å². The number of hydrazine groups is 1. The van der Waals surface area contributed by atoms with E-state index in [1.807, 2.05) is 26.1 Å². The van der Waals surface area contributed by atoms with E-state index in [1.165, 1.54) is 0 Å². The summed E-state index contributed by atoms with van der Waals surface area (Å²) in [5, 5.41) is 1.77. The van der Waals surface area contributed by atoms with Gasteiger partial charge < -0.3 is 10.6 Å². The van der Waals surface area contributed by atoms with E-state index >= 15 is 0 Å². The van der Waals surface area contributed by atoms with Gasteiger partial charge in [-0.05, 0) is 30.7 Å². The average Bonchev–Trinajstić information content (AvgIpc) is 2.48. The molecular weight excluding hydrogens is 288 g/mol. The van der Waals surface area contributed by atoms with E-state index in [1.54, 1.807) is 11.1 Å². The van der Waals surface area contributed by atoms with Gasteiger partial charge in [0.15, 0.2) is 0 Å². The zero-order valence-electron chi connectivity index (χ0n) is 12.7. The molecule has 0 bridgehead atoms. The monoisotopic (exact) mass is 312 g/mol. The molecule has 0 spiro atoms. The van der Waals surface area contributed by atoms with E-state index in [0.717, 1.165) is 24.2 Å². The minimum atomic E-state index is -3.55. The first kappa shape index (κ1) is 16.4. The zero-order chi connectivity index (χ0) is 15.5. The smallest absolute Gasteiger partial charge is 0.253 e. The Bertz CT molecular complexity index is 581. The summed E-state index contributed by atoms with van der Waals surface area (Å²) >= 11 is 0. The van der Waals surface area contributed by atoms with Crippen LogP contribution in [0.4, 0.5) is 0 Å². The van der Waals surface area contributed by atoms with Crippen molar-refractivity contribution in [3.8, 4) is 0 Å². The summed E-state index contributed by atoms with van der Waals surface area (Å²) in [4.78, 5) is 5.21. The normalized spacial score (nSPS) is 18.0. The molecule has 1 saturated heterocycles. The molecular formula is C14H24N4O2S. The van der Waals surface area contributed by atoms with E-state index in [9.17, 15) is 8.42 Å². The number of nitrogens with one attached hydrogen (secondary N) is 1. The van der Waals surface area contributed by atoms with Gasteiger partial charge in [0.05, 0.1) is 4.90 Å². The highest BCUT2D eigenvalue weighted by Gasteiger charge is 2.23. The Hall–Kier alpha value is -0.990. The third kappa shape index (κ3) is 4.02. The quantitative estimate of drug-likeness (QED) is 0.809. The van der Waals surface area contributed by atoms with Gasteiger partial charge in [-0.15, -0.1) is 4.83 Å². The molecule has 3 N–H and O–H groups in total. The van der Waals surface area contributed by atoms with Crippen molar-refractivity contribution >= 4 is 10.0 Å². The molecule has 1 aliphatic heterocycles. The van der Waals surface area contributed by atoms with E-state index in [-0.39, 0.29) is 0 Å². The van der Waals surface area contributed by atoms with Crippen molar-refractivity contribution in [2.24, 2.45) is 5.73 Å². The number of piperazine rings is 1. The molecule has 7 heteroatoms. The molecule has 1 fully saturated rings. The van der Waals surface area contributed by atoms with Gasteiger partial charge >= 0.3 is 0 Å². The highest BCUT2D eigenvalue weighted by atomic mass is 32.2. The summed E-state index contributed by atoms with van der Waals surface area (Å²) in [5.41, 5.74) is 7.26. The molecule has 21 heavy (non-hydrogen) atoms. The van der Waals surface area contributed by atoms with Crippen molar-refractivity contribution in [2.45, 2.75) is 24.8 Å². The second-order valence-corrected chi connectivity index (χ2v) is 7.01. The number of aryl methyl sites for hydroxylation is 1. The summed E-state index contributed by atoms with van der Waals surface area (Å²) in [6.07, 6.45) is 0.670. The molecule has 6 nitrogen and oxygen atoms in total. The topological polar surface area (TPSA) is 78.7 Å². The van der Waals surface area contributed by atoms with Crippen molar-refractivity contribution < 1.29 is 8.42 Å². The molecule has 118 valence electrons. The van der Waals surface area contributed by atoms with Crippen LogP contribution in [0, 0.1) is 0 Å². The Balaban J connectivity index is 2.22. The number of likely N-dealkylation sites (N-methyl/N-ethyl adjacent to an activating group) is 1. The third-order valence-corrected chi connectivity index (χ3v) is 5.25. The summed E-state index contributed by atoms with van der Waals surface area (Å²) in [5.74, 6) is 0. The Morgan fingerprint density at radius 1 is 1.24 bits per heavy atom. The number of rotatable bonds is 5. The van der Waals surface area contributed by atoms with Crippen LogP contribution in [-0.4, -0.2) is 51.6 Å². The molecule has 1 heterocycles. The summed E-state index contributed by atoms with van der Waals surface area (Å²) < 4.78 is 25.2. The fourth-order valence-electron chi connectivity index (χ4n) is 2.39. The van der Waals surface area contributed by atoms with Crippen molar-refractivity contribution in [3.63, 3.8) is 0 Å². The van der Waals surface area contributed by atoms with Gasteiger partial charge in [-0.25, -0.2) is 13.4 Å². The Morgan fingerprint density at radius 3 is 2.48 bits per heavy atom. The fourth-order valence-corrected chi connectivity index (χ4v) is 3.87. The molecule has 0 atom stereocenters. The molecule has 0 amide bonds. The molecule has 1 aromatic rings. The van der Waals surface area contributed by atoms with Crippen LogP contribution in [0.5, 0.6) is 0 Å². The predicted molar refractivity (Wildman–Crippen MR) is 83.1 cm³/mol. The van der Waals surface area contributed by atoms with Gasteiger partial charge in [0.1, 0.15) is 0 Å². The average molecular weight is 312 g/mol. The molecule has 0 unspecified atom stereocenters. The summed E-state index contributed by atoms with van der Waals surface area (Å²) in [6, 6.07) is 5.41. The maximum atomic E-state index is 12.6. The second-order valence-electron chi connectivity index (χ2n) is 5.38. The maximum absolute atomic E-state index is 12.6. The van der Waals surface area contributed by atoms with E-state index in [2.05, 4.69) is 9.73 Å².